The van der Waals surface area contributed by atoms with Crippen molar-refractivity contribution in [1.29, 1.82) is 0 Å². The molecule has 2 rings (SSSR count). The maximum absolute atomic E-state index is 11.8. The Kier molecular flexibility index (Phi) is 7.57. The van der Waals surface area contributed by atoms with Crippen LogP contribution in [0.2, 0.25) is 15.1 Å². The lowest BCUT2D eigenvalue weighted by Crippen LogP contribution is -2.27. The third kappa shape index (κ3) is 6.64. The zero-order valence-corrected chi connectivity index (χ0v) is 15.4. The molecule has 0 saturated carbocycles. The van der Waals surface area contributed by atoms with Gasteiger partial charge in [-0.1, -0.05) is 53.0 Å². The molecule has 0 aliphatic rings. The van der Waals surface area contributed by atoms with Gasteiger partial charge in [0, 0.05) is 33.1 Å². The van der Waals surface area contributed by atoms with Crippen molar-refractivity contribution in [3.63, 3.8) is 0 Å². The number of benzene rings is 2. The molecule has 122 valence electrons. The number of carbonyl (C=O) groups excluding carboxylic acids is 1. The average Bonchev–Trinajstić information content (AvgIpc) is 2.51. The first-order valence-electron chi connectivity index (χ1n) is 7.07. The van der Waals surface area contributed by atoms with Crippen molar-refractivity contribution in [2.24, 2.45) is 0 Å². The van der Waals surface area contributed by atoms with Gasteiger partial charge in [-0.2, -0.15) is 11.8 Å². The van der Waals surface area contributed by atoms with Crippen molar-refractivity contribution in [3.05, 3.63) is 68.7 Å². The summed E-state index contributed by atoms with van der Waals surface area (Å²) >= 11 is 19.5. The van der Waals surface area contributed by atoms with E-state index in [0.29, 0.717) is 28.0 Å². The quantitative estimate of drug-likeness (QED) is 0.657. The number of thioether (sulfide) groups is 1. The van der Waals surface area contributed by atoms with Crippen LogP contribution in [0.3, 0.4) is 0 Å². The summed E-state index contributed by atoms with van der Waals surface area (Å²) in [5.74, 6) is 1.63. The lowest BCUT2D eigenvalue weighted by molar-refractivity contribution is -0.120. The van der Waals surface area contributed by atoms with Gasteiger partial charge in [0.15, 0.2) is 0 Å². The van der Waals surface area contributed by atoms with E-state index < -0.39 is 0 Å². The molecule has 1 N–H and O–H groups in total. The molecule has 6 heteroatoms. The first-order chi connectivity index (χ1) is 11.0. The van der Waals surface area contributed by atoms with Crippen LogP contribution >= 0.6 is 46.6 Å². The monoisotopic (exact) mass is 387 g/mol. The number of hydrogen-bond donors (Lipinski definition) is 1. The van der Waals surface area contributed by atoms with Crippen LogP contribution in [0.4, 0.5) is 0 Å². The number of halogens is 3. The van der Waals surface area contributed by atoms with E-state index in [0.717, 1.165) is 22.6 Å². The second-order valence-corrected chi connectivity index (χ2v) is 7.33. The van der Waals surface area contributed by atoms with Gasteiger partial charge in [-0.25, -0.2) is 0 Å². The Bertz CT molecular complexity index is 661. The van der Waals surface area contributed by atoms with E-state index >= 15 is 0 Å². The van der Waals surface area contributed by atoms with Crippen LogP contribution < -0.4 is 5.32 Å². The average molecular weight is 389 g/mol. The Morgan fingerprint density at radius 2 is 1.70 bits per heavy atom. The van der Waals surface area contributed by atoms with Crippen molar-refractivity contribution in [2.75, 3.05) is 12.3 Å². The zero-order chi connectivity index (χ0) is 16.7. The predicted octanol–water partition coefficient (Wildman–Crippen LogP) is 5.24. The second-order valence-electron chi connectivity index (χ2n) is 4.94. The third-order valence-corrected chi connectivity index (χ3v) is 4.97. The van der Waals surface area contributed by atoms with E-state index in [2.05, 4.69) is 5.32 Å². The van der Waals surface area contributed by atoms with Gasteiger partial charge in [0.2, 0.25) is 5.91 Å². The summed E-state index contributed by atoms with van der Waals surface area (Å²) in [5, 5.41) is 4.90. The number of hydrogen-bond acceptors (Lipinski definition) is 2. The fraction of sp³-hybridized carbons (Fsp3) is 0.235. The Morgan fingerprint density at radius 1 is 1.00 bits per heavy atom. The largest absolute Gasteiger partial charge is 0.355 e. The molecule has 0 aliphatic carbocycles. The van der Waals surface area contributed by atoms with Gasteiger partial charge in [-0.05, 0) is 35.4 Å². The summed E-state index contributed by atoms with van der Waals surface area (Å²) in [5.41, 5.74) is 2.00. The highest BCUT2D eigenvalue weighted by Gasteiger charge is 2.04. The molecule has 0 unspecified atom stereocenters. The van der Waals surface area contributed by atoms with E-state index in [4.69, 9.17) is 34.8 Å². The van der Waals surface area contributed by atoms with Gasteiger partial charge in [0.05, 0.1) is 6.42 Å². The first kappa shape index (κ1) is 18.5. The van der Waals surface area contributed by atoms with Crippen molar-refractivity contribution < 1.29 is 4.79 Å². The van der Waals surface area contributed by atoms with Gasteiger partial charge in [-0.3, -0.25) is 4.79 Å². The summed E-state index contributed by atoms with van der Waals surface area (Å²) in [7, 11) is 0. The van der Waals surface area contributed by atoms with E-state index in [1.807, 2.05) is 24.3 Å². The summed E-state index contributed by atoms with van der Waals surface area (Å²) in [6.45, 7) is 0.627. The van der Waals surface area contributed by atoms with Crippen LogP contribution in [0, 0.1) is 0 Å². The number of rotatable bonds is 7. The van der Waals surface area contributed by atoms with Gasteiger partial charge in [-0.15, -0.1) is 0 Å². The van der Waals surface area contributed by atoms with Crippen LogP contribution in [0.25, 0.3) is 0 Å². The van der Waals surface area contributed by atoms with E-state index in [9.17, 15) is 4.79 Å². The lowest BCUT2D eigenvalue weighted by atomic mass is 10.1. The highest BCUT2D eigenvalue weighted by atomic mass is 35.5. The van der Waals surface area contributed by atoms with E-state index in [-0.39, 0.29) is 5.91 Å². The van der Waals surface area contributed by atoms with Crippen LogP contribution in [-0.4, -0.2) is 18.2 Å². The van der Waals surface area contributed by atoms with Crippen molar-refractivity contribution >= 4 is 52.5 Å². The predicted molar refractivity (Wildman–Crippen MR) is 101 cm³/mol. The number of nitrogens with one attached hydrogen (secondary N) is 1. The number of amides is 1. The van der Waals surface area contributed by atoms with E-state index in [1.165, 1.54) is 0 Å². The van der Waals surface area contributed by atoms with Crippen molar-refractivity contribution in [3.8, 4) is 0 Å². The molecule has 0 saturated heterocycles. The van der Waals surface area contributed by atoms with Gasteiger partial charge in [0.1, 0.15) is 0 Å². The fourth-order valence-corrected chi connectivity index (χ4v) is 3.48. The van der Waals surface area contributed by atoms with Crippen LogP contribution in [-0.2, 0) is 17.0 Å². The zero-order valence-electron chi connectivity index (χ0n) is 12.3. The minimum absolute atomic E-state index is 0.0115. The van der Waals surface area contributed by atoms with Crippen LogP contribution in [0.5, 0.6) is 0 Å². The molecule has 2 aromatic rings. The summed E-state index contributed by atoms with van der Waals surface area (Å²) < 4.78 is 0. The van der Waals surface area contributed by atoms with Crippen molar-refractivity contribution in [2.45, 2.75) is 12.2 Å². The highest BCUT2D eigenvalue weighted by molar-refractivity contribution is 7.98. The molecule has 23 heavy (non-hydrogen) atoms. The standard InChI is InChI=1S/C17H16Cl3NOS/c18-14-4-1-12(2-5-14)9-17(22)21-7-8-23-11-13-3-6-15(19)10-16(13)20/h1-6,10H,7-9,11H2,(H,21,22). The Labute approximate surface area is 155 Å². The SMILES string of the molecule is O=C(Cc1ccc(Cl)cc1)NCCSCc1ccc(Cl)cc1Cl. The minimum Gasteiger partial charge on any atom is -0.355 e. The normalized spacial score (nSPS) is 10.6. The molecule has 2 nitrogen and oxygen atoms in total. The Morgan fingerprint density at radius 3 is 2.39 bits per heavy atom. The summed E-state index contributed by atoms with van der Waals surface area (Å²) in [6, 6.07) is 12.8. The van der Waals surface area contributed by atoms with Gasteiger partial charge in [0.25, 0.3) is 0 Å². The van der Waals surface area contributed by atoms with Crippen molar-refractivity contribution in [1.82, 2.24) is 5.32 Å². The summed E-state index contributed by atoms with van der Waals surface area (Å²) in [6.07, 6.45) is 0.366. The molecule has 1 amide bonds. The molecule has 0 aromatic heterocycles. The highest BCUT2D eigenvalue weighted by Crippen LogP contribution is 2.24. The van der Waals surface area contributed by atoms with Crippen LogP contribution in [0.1, 0.15) is 11.1 Å². The fourth-order valence-electron chi connectivity index (χ4n) is 1.93. The van der Waals surface area contributed by atoms with Gasteiger partial charge < -0.3 is 5.32 Å². The maximum atomic E-state index is 11.8. The van der Waals surface area contributed by atoms with E-state index in [1.54, 1.807) is 30.0 Å². The number of carbonyl (C=O) groups is 1. The minimum atomic E-state index is 0.0115. The Hall–Kier alpha value is -0.870. The van der Waals surface area contributed by atoms with Crippen LogP contribution in [0.15, 0.2) is 42.5 Å². The van der Waals surface area contributed by atoms with Gasteiger partial charge >= 0.3 is 0 Å². The molecule has 0 atom stereocenters. The molecule has 2 aromatic carbocycles. The molecular weight excluding hydrogens is 373 g/mol. The third-order valence-electron chi connectivity index (χ3n) is 3.12. The lowest BCUT2D eigenvalue weighted by Gasteiger charge is -2.07. The molecule has 0 aliphatic heterocycles. The molecule has 0 fully saturated rings. The molecule has 0 heterocycles. The smallest absolute Gasteiger partial charge is 0.224 e. The molecule has 0 spiro atoms. The maximum Gasteiger partial charge on any atom is 0.224 e. The molecule has 0 radical (unpaired) electrons. The first-order valence-corrected chi connectivity index (χ1v) is 9.36. The topological polar surface area (TPSA) is 29.1 Å². The Balaban J connectivity index is 1.65. The molecule has 0 bridgehead atoms. The second kappa shape index (κ2) is 9.43. The summed E-state index contributed by atoms with van der Waals surface area (Å²) in [4.78, 5) is 11.8. The molecular formula is C17H16Cl3NOS.